The number of hydrogen-bond acceptors (Lipinski definition) is 3. The zero-order valence-corrected chi connectivity index (χ0v) is 16.0. The van der Waals surface area contributed by atoms with Crippen LogP contribution >= 0.6 is 15.9 Å². The molecule has 1 aromatic heterocycles. The van der Waals surface area contributed by atoms with Crippen molar-refractivity contribution in [2.24, 2.45) is 0 Å². The Labute approximate surface area is 160 Å². The number of carbonyl (C=O) groups excluding carboxylic acids is 1. The van der Waals surface area contributed by atoms with Crippen molar-refractivity contribution in [3.8, 4) is 11.5 Å². The van der Waals surface area contributed by atoms with E-state index in [1.165, 1.54) is 0 Å². The van der Waals surface area contributed by atoms with E-state index in [1.807, 2.05) is 49.4 Å². The van der Waals surface area contributed by atoms with Gasteiger partial charge < -0.3 is 19.4 Å². The van der Waals surface area contributed by atoms with E-state index in [9.17, 15) is 4.79 Å². The van der Waals surface area contributed by atoms with Crippen LogP contribution in [0.4, 0.5) is 0 Å². The highest BCUT2D eigenvalue weighted by Gasteiger charge is 2.21. The maximum Gasteiger partial charge on any atom is 0.270 e. The van der Waals surface area contributed by atoms with E-state index in [1.54, 1.807) is 4.90 Å². The minimum Gasteiger partial charge on any atom is -0.486 e. The number of rotatable bonds is 4. The molecule has 0 unspecified atom stereocenters. The Morgan fingerprint density at radius 2 is 2.04 bits per heavy atom. The van der Waals surface area contributed by atoms with E-state index in [4.69, 9.17) is 9.47 Å². The molecule has 0 radical (unpaired) electrons. The van der Waals surface area contributed by atoms with E-state index < -0.39 is 0 Å². The monoisotopic (exact) mass is 414 g/mol. The van der Waals surface area contributed by atoms with Crippen molar-refractivity contribution in [2.75, 3.05) is 19.8 Å². The summed E-state index contributed by atoms with van der Waals surface area (Å²) in [5.41, 5.74) is 2.48. The first-order chi connectivity index (χ1) is 12.7. The Kier molecular flexibility index (Phi) is 4.59. The first kappa shape index (κ1) is 17.0. The zero-order chi connectivity index (χ0) is 18.1. The molecule has 0 fully saturated rings. The van der Waals surface area contributed by atoms with Gasteiger partial charge in [0, 0.05) is 34.0 Å². The Bertz CT molecular complexity index is 967. The fourth-order valence-electron chi connectivity index (χ4n) is 3.18. The molecular weight excluding hydrogens is 396 g/mol. The van der Waals surface area contributed by atoms with E-state index in [0.29, 0.717) is 32.0 Å². The van der Waals surface area contributed by atoms with Gasteiger partial charge >= 0.3 is 0 Å². The summed E-state index contributed by atoms with van der Waals surface area (Å²) in [5.74, 6) is 1.45. The number of hydrogen-bond donors (Lipinski definition) is 1. The van der Waals surface area contributed by atoms with Crippen molar-refractivity contribution in [3.05, 3.63) is 58.2 Å². The predicted molar refractivity (Wildman–Crippen MR) is 104 cm³/mol. The third kappa shape index (κ3) is 3.17. The smallest absolute Gasteiger partial charge is 0.270 e. The number of nitrogens with one attached hydrogen (secondary N) is 1. The van der Waals surface area contributed by atoms with Crippen molar-refractivity contribution in [1.29, 1.82) is 0 Å². The van der Waals surface area contributed by atoms with Crippen molar-refractivity contribution >= 4 is 32.7 Å². The van der Waals surface area contributed by atoms with Crippen molar-refractivity contribution in [1.82, 2.24) is 9.88 Å². The van der Waals surface area contributed by atoms with Gasteiger partial charge in [0.05, 0.1) is 0 Å². The molecule has 3 aromatic rings. The molecule has 2 aromatic carbocycles. The summed E-state index contributed by atoms with van der Waals surface area (Å²) >= 11 is 3.46. The van der Waals surface area contributed by atoms with Gasteiger partial charge in [-0.2, -0.15) is 0 Å². The minimum absolute atomic E-state index is 0.0332. The van der Waals surface area contributed by atoms with Gasteiger partial charge in [0.15, 0.2) is 11.5 Å². The third-order valence-electron chi connectivity index (χ3n) is 4.49. The molecule has 0 spiro atoms. The summed E-state index contributed by atoms with van der Waals surface area (Å²) in [6.07, 6.45) is 0. The number of benzene rings is 2. The molecule has 4 rings (SSSR count). The highest BCUT2D eigenvalue weighted by Crippen LogP contribution is 2.34. The number of ether oxygens (including phenoxy) is 2. The van der Waals surface area contributed by atoms with Crippen molar-refractivity contribution in [3.63, 3.8) is 0 Å². The molecule has 2 heterocycles. The van der Waals surface area contributed by atoms with Crippen LogP contribution in [0.25, 0.3) is 10.9 Å². The topological polar surface area (TPSA) is 54.6 Å². The Morgan fingerprint density at radius 1 is 1.19 bits per heavy atom. The molecule has 1 aliphatic heterocycles. The molecule has 0 bridgehead atoms. The van der Waals surface area contributed by atoms with E-state index in [-0.39, 0.29) is 5.91 Å². The predicted octanol–water partition coefficient (Wildman–Crippen LogP) is 4.36. The zero-order valence-electron chi connectivity index (χ0n) is 14.4. The molecule has 1 aliphatic rings. The molecule has 0 aliphatic carbocycles. The van der Waals surface area contributed by atoms with Gasteiger partial charge in [-0.05, 0) is 31.2 Å². The second-order valence-corrected chi connectivity index (χ2v) is 7.09. The maximum absolute atomic E-state index is 13.0. The van der Waals surface area contributed by atoms with Gasteiger partial charge in [-0.3, -0.25) is 4.79 Å². The minimum atomic E-state index is -0.0332. The number of para-hydroxylation sites is 1. The molecule has 134 valence electrons. The second kappa shape index (κ2) is 7.03. The number of fused-ring (bicyclic) bond motifs is 2. The second-order valence-electron chi connectivity index (χ2n) is 6.18. The summed E-state index contributed by atoms with van der Waals surface area (Å²) in [6.45, 7) is 4.13. The Hall–Kier alpha value is -2.47. The van der Waals surface area contributed by atoms with Crippen LogP contribution in [0.5, 0.6) is 11.5 Å². The van der Waals surface area contributed by atoms with Crippen molar-refractivity contribution in [2.45, 2.75) is 13.5 Å². The quantitative estimate of drug-likeness (QED) is 0.689. The first-order valence-electron chi connectivity index (χ1n) is 8.60. The maximum atomic E-state index is 13.0. The Balaban J connectivity index is 1.61. The number of H-pyrrole nitrogens is 1. The lowest BCUT2D eigenvalue weighted by Gasteiger charge is -2.25. The van der Waals surface area contributed by atoms with Gasteiger partial charge in [-0.15, -0.1) is 0 Å². The number of carbonyl (C=O) groups is 1. The number of amides is 1. The van der Waals surface area contributed by atoms with Crippen LogP contribution in [0.1, 0.15) is 23.0 Å². The van der Waals surface area contributed by atoms with Crippen LogP contribution < -0.4 is 9.47 Å². The summed E-state index contributed by atoms with van der Waals surface area (Å²) < 4.78 is 12.4. The first-order valence-corrected chi connectivity index (χ1v) is 9.40. The van der Waals surface area contributed by atoms with Crippen molar-refractivity contribution < 1.29 is 14.3 Å². The van der Waals surface area contributed by atoms with Crippen LogP contribution in [-0.4, -0.2) is 35.5 Å². The number of aromatic nitrogens is 1. The molecule has 5 nitrogen and oxygen atoms in total. The lowest BCUT2D eigenvalue weighted by Crippen LogP contribution is -2.31. The molecule has 0 saturated carbocycles. The van der Waals surface area contributed by atoms with Crippen LogP contribution in [-0.2, 0) is 6.54 Å². The average Bonchev–Trinajstić information content (AvgIpc) is 3.08. The summed E-state index contributed by atoms with van der Waals surface area (Å²) in [7, 11) is 0. The SMILES string of the molecule is CCN(Cc1cccc2c1OCCO2)C(=O)c1cc2ccc(Br)cc2[nH]1. The molecule has 0 saturated heterocycles. The van der Waals surface area contributed by atoms with Gasteiger partial charge in [0.2, 0.25) is 0 Å². The van der Waals surface area contributed by atoms with E-state index in [0.717, 1.165) is 32.4 Å². The van der Waals surface area contributed by atoms with Gasteiger partial charge in [-0.1, -0.05) is 34.1 Å². The number of aromatic amines is 1. The fourth-order valence-corrected chi connectivity index (χ4v) is 3.54. The normalized spacial score (nSPS) is 13.0. The molecule has 1 N–H and O–H groups in total. The van der Waals surface area contributed by atoms with Crippen LogP contribution in [0, 0.1) is 0 Å². The van der Waals surface area contributed by atoms with E-state index in [2.05, 4.69) is 20.9 Å². The highest BCUT2D eigenvalue weighted by molar-refractivity contribution is 9.10. The average molecular weight is 415 g/mol. The largest absolute Gasteiger partial charge is 0.486 e. The van der Waals surface area contributed by atoms with Crippen LogP contribution in [0.15, 0.2) is 46.9 Å². The van der Waals surface area contributed by atoms with Gasteiger partial charge in [-0.25, -0.2) is 0 Å². The number of halogens is 1. The molecule has 0 atom stereocenters. The van der Waals surface area contributed by atoms with Gasteiger partial charge in [0.1, 0.15) is 18.9 Å². The summed E-state index contributed by atoms with van der Waals surface area (Å²) in [4.78, 5) is 18.0. The lowest BCUT2D eigenvalue weighted by atomic mass is 10.1. The van der Waals surface area contributed by atoms with Gasteiger partial charge in [0.25, 0.3) is 5.91 Å². The Morgan fingerprint density at radius 3 is 2.88 bits per heavy atom. The summed E-state index contributed by atoms with van der Waals surface area (Å²) in [5, 5.41) is 1.02. The lowest BCUT2D eigenvalue weighted by molar-refractivity contribution is 0.0744. The third-order valence-corrected chi connectivity index (χ3v) is 4.99. The van der Waals surface area contributed by atoms with Crippen LogP contribution in [0.2, 0.25) is 0 Å². The van der Waals surface area contributed by atoms with E-state index >= 15 is 0 Å². The molecular formula is C20H19BrN2O3. The number of nitrogens with zero attached hydrogens (tertiary/aromatic N) is 1. The molecule has 1 amide bonds. The summed E-state index contributed by atoms with van der Waals surface area (Å²) in [6, 6.07) is 13.6. The van der Waals surface area contributed by atoms with Crippen LogP contribution in [0.3, 0.4) is 0 Å². The highest BCUT2D eigenvalue weighted by atomic mass is 79.9. The molecule has 26 heavy (non-hydrogen) atoms. The fraction of sp³-hybridized carbons (Fsp3) is 0.250. The standard InChI is InChI=1S/C20H19BrN2O3/c1-2-23(12-14-4-3-5-18-19(14)26-9-8-25-18)20(24)17-10-13-6-7-15(21)11-16(13)22-17/h3-7,10-11,22H,2,8-9,12H2,1H3. The molecule has 6 heteroatoms.